The van der Waals surface area contributed by atoms with Crippen molar-refractivity contribution in [1.29, 1.82) is 0 Å². The van der Waals surface area contributed by atoms with Crippen LogP contribution in [0.4, 0.5) is 22.0 Å². The van der Waals surface area contributed by atoms with Gasteiger partial charge in [-0.3, -0.25) is 4.90 Å². The Bertz CT molecular complexity index is 704. The van der Waals surface area contributed by atoms with E-state index in [0.29, 0.717) is 12.1 Å². The highest BCUT2D eigenvalue weighted by Crippen LogP contribution is 2.24. The van der Waals surface area contributed by atoms with Gasteiger partial charge in [-0.25, -0.2) is 0 Å². The number of aliphatic hydroxyl groups is 1. The second-order valence-corrected chi connectivity index (χ2v) is 5.85. The minimum absolute atomic E-state index is 0.00419. The van der Waals surface area contributed by atoms with Crippen LogP contribution in [0.15, 0.2) is 48.5 Å². The Morgan fingerprint density at radius 3 is 2.04 bits per heavy atom. The average Bonchev–Trinajstić information content (AvgIpc) is 2.55. The molecule has 1 unspecified atom stereocenters. The topological polar surface area (TPSA) is 41.9 Å². The fourth-order valence-electron chi connectivity index (χ4n) is 2.44. The minimum Gasteiger partial charge on any atom is -0.435 e. The van der Waals surface area contributed by atoms with Gasteiger partial charge in [0.15, 0.2) is 0 Å². The first-order valence-electron chi connectivity index (χ1n) is 7.88. The second-order valence-electron chi connectivity index (χ2n) is 5.85. The predicted octanol–water partition coefficient (Wildman–Crippen LogP) is 4.35. The van der Waals surface area contributed by atoms with E-state index in [9.17, 15) is 27.1 Å². The summed E-state index contributed by atoms with van der Waals surface area (Å²) >= 11 is 0. The molecule has 0 amide bonds. The van der Waals surface area contributed by atoms with E-state index in [1.807, 2.05) is 0 Å². The summed E-state index contributed by atoms with van der Waals surface area (Å²) in [4.78, 5) is 1.77. The zero-order chi connectivity index (χ0) is 20.0. The number of nitrogens with zero attached hydrogens (tertiary/aromatic N) is 1. The molecule has 0 aromatic heterocycles. The van der Waals surface area contributed by atoms with Crippen molar-refractivity contribution in [3.05, 3.63) is 59.7 Å². The van der Waals surface area contributed by atoms with Crippen molar-refractivity contribution >= 4 is 0 Å². The third kappa shape index (κ3) is 7.40. The molecule has 1 atom stereocenters. The number of ether oxygens (including phenoxy) is 2. The summed E-state index contributed by atoms with van der Waals surface area (Å²) in [6, 6.07) is 11.1. The van der Waals surface area contributed by atoms with Crippen LogP contribution in [0.25, 0.3) is 0 Å². The van der Waals surface area contributed by atoms with Gasteiger partial charge in [-0.15, -0.1) is 13.2 Å². The second kappa shape index (κ2) is 9.01. The van der Waals surface area contributed by atoms with Crippen molar-refractivity contribution < 1.29 is 36.5 Å². The number of benzene rings is 2. The quantitative estimate of drug-likeness (QED) is 0.680. The standard InChI is InChI=1S/C18H18F5NO3/c1-24(10-12-2-6-15(7-3-12)27-18(21,22)23)11-16(25)13-4-8-14(9-5-13)26-17(19)20/h2-9,16-17,25H,10-11H2,1H3. The van der Waals surface area contributed by atoms with E-state index < -0.39 is 19.1 Å². The molecule has 0 aliphatic heterocycles. The summed E-state index contributed by atoms with van der Waals surface area (Å²) in [5, 5.41) is 10.2. The molecule has 9 heteroatoms. The van der Waals surface area contributed by atoms with Crippen LogP contribution in [0.5, 0.6) is 11.5 Å². The smallest absolute Gasteiger partial charge is 0.435 e. The maximum absolute atomic E-state index is 12.1. The lowest BCUT2D eigenvalue weighted by Crippen LogP contribution is -2.24. The fraction of sp³-hybridized carbons (Fsp3) is 0.333. The molecule has 0 aliphatic rings. The largest absolute Gasteiger partial charge is 0.573 e. The maximum atomic E-state index is 12.1. The monoisotopic (exact) mass is 391 g/mol. The van der Waals surface area contributed by atoms with E-state index >= 15 is 0 Å². The lowest BCUT2D eigenvalue weighted by atomic mass is 10.1. The van der Waals surface area contributed by atoms with Crippen LogP contribution in [0, 0.1) is 0 Å². The summed E-state index contributed by atoms with van der Waals surface area (Å²) in [6.45, 7) is -2.30. The van der Waals surface area contributed by atoms with Crippen molar-refractivity contribution in [2.45, 2.75) is 25.6 Å². The van der Waals surface area contributed by atoms with E-state index in [2.05, 4.69) is 9.47 Å². The summed E-state index contributed by atoms with van der Waals surface area (Å²) in [6.07, 6.45) is -5.61. The van der Waals surface area contributed by atoms with Gasteiger partial charge in [0.25, 0.3) is 0 Å². The van der Waals surface area contributed by atoms with Crippen LogP contribution >= 0.6 is 0 Å². The number of aliphatic hydroxyl groups excluding tert-OH is 1. The first kappa shape index (κ1) is 20.9. The molecule has 0 bridgehead atoms. The number of rotatable bonds is 8. The van der Waals surface area contributed by atoms with Crippen molar-refractivity contribution in [1.82, 2.24) is 4.90 Å². The molecule has 0 radical (unpaired) electrons. The Balaban J connectivity index is 1.88. The molecule has 2 aromatic carbocycles. The predicted molar refractivity (Wildman–Crippen MR) is 87.5 cm³/mol. The number of hydrogen-bond donors (Lipinski definition) is 1. The van der Waals surface area contributed by atoms with Gasteiger partial charge in [-0.2, -0.15) is 8.78 Å². The van der Waals surface area contributed by atoms with Crippen LogP contribution in [0.2, 0.25) is 0 Å². The summed E-state index contributed by atoms with van der Waals surface area (Å²) in [5.74, 6) is -0.310. The highest BCUT2D eigenvalue weighted by atomic mass is 19.4. The summed E-state index contributed by atoms with van der Waals surface area (Å²) < 4.78 is 68.7. The molecular weight excluding hydrogens is 373 g/mol. The maximum Gasteiger partial charge on any atom is 0.573 e. The minimum atomic E-state index is -4.74. The summed E-state index contributed by atoms with van der Waals surface area (Å²) in [7, 11) is 1.73. The number of alkyl halides is 5. The molecule has 0 heterocycles. The fourth-order valence-corrected chi connectivity index (χ4v) is 2.44. The highest BCUT2D eigenvalue weighted by molar-refractivity contribution is 5.29. The van der Waals surface area contributed by atoms with Gasteiger partial charge in [0.2, 0.25) is 0 Å². The molecule has 27 heavy (non-hydrogen) atoms. The Morgan fingerprint density at radius 1 is 0.963 bits per heavy atom. The van der Waals surface area contributed by atoms with Crippen molar-refractivity contribution in [3.63, 3.8) is 0 Å². The first-order valence-corrected chi connectivity index (χ1v) is 7.88. The normalized spacial score (nSPS) is 13.1. The van der Waals surface area contributed by atoms with Crippen molar-refractivity contribution in [2.24, 2.45) is 0 Å². The van der Waals surface area contributed by atoms with Crippen LogP contribution < -0.4 is 9.47 Å². The number of hydrogen-bond acceptors (Lipinski definition) is 4. The van der Waals surface area contributed by atoms with Gasteiger partial charge >= 0.3 is 13.0 Å². The molecule has 2 aromatic rings. The Kier molecular flexibility index (Phi) is 6.98. The SMILES string of the molecule is CN(Cc1ccc(OC(F)(F)F)cc1)CC(O)c1ccc(OC(F)F)cc1. The zero-order valence-corrected chi connectivity index (χ0v) is 14.3. The Morgan fingerprint density at radius 2 is 1.52 bits per heavy atom. The molecule has 0 spiro atoms. The van der Waals surface area contributed by atoms with E-state index in [-0.39, 0.29) is 18.0 Å². The molecule has 148 valence electrons. The molecule has 2 rings (SSSR count). The molecule has 0 saturated carbocycles. The van der Waals surface area contributed by atoms with Gasteiger partial charge in [0.1, 0.15) is 11.5 Å². The summed E-state index contributed by atoms with van der Waals surface area (Å²) in [5.41, 5.74) is 1.26. The van der Waals surface area contributed by atoms with Gasteiger partial charge < -0.3 is 14.6 Å². The Labute approximate surface area is 152 Å². The van der Waals surface area contributed by atoms with Crippen LogP contribution in [0.3, 0.4) is 0 Å². The molecule has 0 aliphatic carbocycles. The molecule has 0 fully saturated rings. The third-order valence-electron chi connectivity index (χ3n) is 3.58. The van der Waals surface area contributed by atoms with Gasteiger partial charge in [-0.1, -0.05) is 24.3 Å². The average molecular weight is 391 g/mol. The lowest BCUT2D eigenvalue weighted by molar-refractivity contribution is -0.274. The van der Waals surface area contributed by atoms with Crippen molar-refractivity contribution in [2.75, 3.05) is 13.6 Å². The third-order valence-corrected chi connectivity index (χ3v) is 3.58. The molecule has 0 saturated heterocycles. The number of likely N-dealkylation sites (N-methyl/N-ethyl adjacent to an activating group) is 1. The van der Waals surface area contributed by atoms with Crippen LogP contribution in [-0.4, -0.2) is 36.6 Å². The molecular formula is C18H18F5NO3. The Hall–Kier alpha value is -2.39. The molecule has 1 N–H and O–H groups in total. The van der Waals surface area contributed by atoms with E-state index in [1.54, 1.807) is 11.9 Å². The number of halogens is 5. The van der Waals surface area contributed by atoms with Crippen molar-refractivity contribution in [3.8, 4) is 11.5 Å². The van der Waals surface area contributed by atoms with E-state index in [1.165, 1.54) is 48.5 Å². The molecule has 4 nitrogen and oxygen atoms in total. The van der Waals surface area contributed by atoms with E-state index in [4.69, 9.17) is 0 Å². The zero-order valence-electron chi connectivity index (χ0n) is 14.3. The van der Waals surface area contributed by atoms with Crippen LogP contribution in [-0.2, 0) is 6.54 Å². The van der Waals surface area contributed by atoms with Crippen LogP contribution in [0.1, 0.15) is 17.2 Å². The van der Waals surface area contributed by atoms with E-state index in [0.717, 1.165) is 5.56 Å². The lowest BCUT2D eigenvalue weighted by Gasteiger charge is -2.21. The first-order chi connectivity index (χ1) is 12.6. The van der Waals surface area contributed by atoms with Gasteiger partial charge in [0.05, 0.1) is 6.10 Å². The highest BCUT2D eigenvalue weighted by Gasteiger charge is 2.30. The van der Waals surface area contributed by atoms with Gasteiger partial charge in [-0.05, 0) is 42.4 Å². The van der Waals surface area contributed by atoms with Gasteiger partial charge in [0, 0.05) is 13.1 Å².